The molecule has 0 aliphatic heterocycles. The van der Waals surface area contributed by atoms with Crippen LogP contribution in [0.4, 0.5) is 0 Å². The highest BCUT2D eigenvalue weighted by Crippen LogP contribution is 2.29. The maximum atomic E-state index is 12.6. The molecule has 1 heterocycles. The standard InChI is InChI=1S/C19H28N4O3/c1-13(2)23(4)12-17(24)21-18(19-20-7-8-22(19)3)14-9-15(25-5)11-16(10-14)26-6/h7-11,13,18H,12H2,1-6H3,(H,21,24). The Hall–Kier alpha value is -2.54. The number of ether oxygens (including phenoxy) is 2. The van der Waals surface area contributed by atoms with E-state index in [0.717, 1.165) is 11.4 Å². The molecule has 7 nitrogen and oxygen atoms in total. The van der Waals surface area contributed by atoms with Crippen LogP contribution in [0.25, 0.3) is 0 Å². The lowest BCUT2D eigenvalue weighted by atomic mass is 10.0. The highest BCUT2D eigenvalue weighted by atomic mass is 16.5. The number of aromatic nitrogens is 2. The molecule has 0 saturated heterocycles. The molecule has 1 amide bonds. The summed E-state index contributed by atoms with van der Waals surface area (Å²) < 4.78 is 12.6. The topological polar surface area (TPSA) is 68.6 Å². The number of rotatable bonds is 8. The number of aryl methyl sites for hydroxylation is 1. The molecule has 0 aliphatic rings. The Kier molecular flexibility index (Phi) is 6.63. The molecular formula is C19H28N4O3. The van der Waals surface area contributed by atoms with Gasteiger partial charge in [-0.25, -0.2) is 4.98 Å². The monoisotopic (exact) mass is 360 g/mol. The third-order valence-corrected chi connectivity index (χ3v) is 4.40. The van der Waals surface area contributed by atoms with Crippen molar-refractivity contribution in [3.63, 3.8) is 0 Å². The summed E-state index contributed by atoms with van der Waals surface area (Å²) in [7, 11) is 7.03. The summed E-state index contributed by atoms with van der Waals surface area (Å²) in [6, 6.07) is 5.44. The van der Waals surface area contributed by atoms with Gasteiger partial charge in [-0.1, -0.05) is 0 Å². The number of carbonyl (C=O) groups excluding carboxylic acids is 1. The average Bonchev–Trinajstić information content (AvgIpc) is 3.04. The molecule has 0 fully saturated rings. The predicted octanol–water partition coefficient (Wildman–Crippen LogP) is 1.98. The summed E-state index contributed by atoms with van der Waals surface area (Å²) in [4.78, 5) is 19.0. The van der Waals surface area contributed by atoms with Gasteiger partial charge in [0.25, 0.3) is 0 Å². The fourth-order valence-corrected chi connectivity index (χ4v) is 2.56. The van der Waals surface area contributed by atoms with Crippen LogP contribution in [0.15, 0.2) is 30.6 Å². The largest absolute Gasteiger partial charge is 0.497 e. The van der Waals surface area contributed by atoms with E-state index < -0.39 is 6.04 Å². The number of nitrogens with one attached hydrogen (secondary N) is 1. The molecule has 1 aromatic carbocycles. The fraction of sp³-hybridized carbons (Fsp3) is 0.474. The molecule has 2 aromatic rings. The second kappa shape index (κ2) is 8.71. The van der Waals surface area contributed by atoms with Crippen LogP contribution in [-0.2, 0) is 11.8 Å². The predicted molar refractivity (Wildman–Crippen MR) is 101 cm³/mol. The van der Waals surface area contributed by atoms with Gasteiger partial charge in [-0.3, -0.25) is 9.69 Å². The quantitative estimate of drug-likeness (QED) is 0.780. The summed E-state index contributed by atoms with van der Waals surface area (Å²) in [6.45, 7) is 4.41. The van der Waals surface area contributed by atoms with Crippen LogP contribution in [0.5, 0.6) is 11.5 Å². The number of benzene rings is 1. The number of carbonyl (C=O) groups is 1. The minimum absolute atomic E-state index is 0.0732. The number of likely N-dealkylation sites (N-methyl/N-ethyl adjacent to an activating group) is 1. The maximum absolute atomic E-state index is 12.6. The first-order chi connectivity index (χ1) is 12.3. The van der Waals surface area contributed by atoms with Gasteiger partial charge in [0.1, 0.15) is 23.4 Å². The van der Waals surface area contributed by atoms with Gasteiger partial charge >= 0.3 is 0 Å². The number of imidazole rings is 1. The molecule has 0 bridgehead atoms. The maximum Gasteiger partial charge on any atom is 0.235 e. The molecule has 0 aliphatic carbocycles. The van der Waals surface area contributed by atoms with E-state index in [2.05, 4.69) is 24.1 Å². The van der Waals surface area contributed by atoms with Crippen LogP contribution in [0.1, 0.15) is 31.3 Å². The van der Waals surface area contributed by atoms with E-state index in [1.807, 2.05) is 41.9 Å². The van der Waals surface area contributed by atoms with Crippen LogP contribution in [0.3, 0.4) is 0 Å². The van der Waals surface area contributed by atoms with Gasteiger partial charge in [0.2, 0.25) is 5.91 Å². The molecule has 7 heteroatoms. The summed E-state index contributed by atoms with van der Waals surface area (Å²) in [5.74, 6) is 1.98. The first kappa shape index (κ1) is 19.8. The van der Waals surface area contributed by atoms with Crippen molar-refractivity contribution in [3.8, 4) is 11.5 Å². The first-order valence-electron chi connectivity index (χ1n) is 8.55. The van der Waals surface area contributed by atoms with Crippen molar-refractivity contribution in [2.75, 3.05) is 27.8 Å². The molecule has 0 saturated carbocycles. The molecule has 0 spiro atoms. The van der Waals surface area contributed by atoms with E-state index in [4.69, 9.17) is 9.47 Å². The molecule has 2 rings (SSSR count). The molecule has 1 N–H and O–H groups in total. The molecule has 142 valence electrons. The van der Waals surface area contributed by atoms with Gasteiger partial charge < -0.3 is 19.4 Å². The van der Waals surface area contributed by atoms with Crippen molar-refractivity contribution >= 4 is 5.91 Å². The normalized spacial score (nSPS) is 12.3. The van der Waals surface area contributed by atoms with Crippen molar-refractivity contribution in [3.05, 3.63) is 42.0 Å². The van der Waals surface area contributed by atoms with Crippen molar-refractivity contribution in [2.45, 2.75) is 25.9 Å². The minimum Gasteiger partial charge on any atom is -0.497 e. The SMILES string of the molecule is COc1cc(OC)cc(C(NC(=O)CN(C)C(C)C)c2nccn2C)c1. The molecule has 1 atom stereocenters. The summed E-state index contributed by atoms with van der Waals surface area (Å²) in [5, 5.41) is 3.09. The number of methoxy groups -OCH3 is 2. The number of hydrogen-bond donors (Lipinski definition) is 1. The van der Waals surface area contributed by atoms with Gasteiger partial charge in [0.15, 0.2) is 0 Å². The van der Waals surface area contributed by atoms with E-state index in [1.165, 1.54) is 0 Å². The van der Waals surface area contributed by atoms with Crippen LogP contribution in [0.2, 0.25) is 0 Å². The lowest BCUT2D eigenvalue weighted by Crippen LogP contribution is -2.40. The number of hydrogen-bond acceptors (Lipinski definition) is 5. The Labute approximate surface area is 154 Å². The lowest BCUT2D eigenvalue weighted by molar-refractivity contribution is -0.122. The summed E-state index contributed by atoms with van der Waals surface area (Å²) >= 11 is 0. The van der Waals surface area contributed by atoms with Crippen molar-refractivity contribution in [1.82, 2.24) is 19.8 Å². The Morgan fingerprint density at radius 3 is 2.31 bits per heavy atom. The Bertz CT molecular complexity index is 720. The zero-order chi connectivity index (χ0) is 19.3. The number of nitrogens with zero attached hydrogens (tertiary/aromatic N) is 3. The Morgan fingerprint density at radius 2 is 1.85 bits per heavy atom. The van der Waals surface area contributed by atoms with Gasteiger partial charge in [0.05, 0.1) is 20.8 Å². The van der Waals surface area contributed by atoms with E-state index in [1.54, 1.807) is 26.5 Å². The molecule has 1 aromatic heterocycles. The second-order valence-electron chi connectivity index (χ2n) is 6.55. The highest BCUT2D eigenvalue weighted by molar-refractivity contribution is 5.79. The second-order valence-corrected chi connectivity index (χ2v) is 6.55. The first-order valence-corrected chi connectivity index (χ1v) is 8.55. The van der Waals surface area contributed by atoms with Crippen LogP contribution in [0, 0.1) is 0 Å². The van der Waals surface area contributed by atoms with E-state index >= 15 is 0 Å². The van der Waals surface area contributed by atoms with Crippen molar-refractivity contribution in [2.24, 2.45) is 7.05 Å². The van der Waals surface area contributed by atoms with E-state index in [9.17, 15) is 4.79 Å². The van der Waals surface area contributed by atoms with Gasteiger partial charge in [-0.15, -0.1) is 0 Å². The molecule has 1 unspecified atom stereocenters. The van der Waals surface area contributed by atoms with Gasteiger partial charge in [-0.05, 0) is 38.6 Å². The Morgan fingerprint density at radius 1 is 1.23 bits per heavy atom. The highest BCUT2D eigenvalue weighted by Gasteiger charge is 2.23. The summed E-state index contributed by atoms with van der Waals surface area (Å²) in [6.07, 6.45) is 3.57. The van der Waals surface area contributed by atoms with Crippen LogP contribution in [-0.4, -0.2) is 54.2 Å². The Balaban J connectivity index is 2.37. The molecule has 0 radical (unpaired) electrons. The zero-order valence-electron chi connectivity index (χ0n) is 16.3. The van der Waals surface area contributed by atoms with Gasteiger partial charge in [0, 0.05) is 31.5 Å². The zero-order valence-corrected chi connectivity index (χ0v) is 16.3. The summed E-state index contributed by atoms with van der Waals surface area (Å²) in [5.41, 5.74) is 0.844. The third-order valence-electron chi connectivity index (χ3n) is 4.40. The van der Waals surface area contributed by atoms with E-state index in [0.29, 0.717) is 18.0 Å². The smallest absolute Gasteiger partial charge is 0.235 e. The van der Waals surface area contributed by atoms with Crippen LogP contribution < -0.4 is 14.8 Å². The minimum atomic E-state index is -0.410. The number of amides is 1. The molecule has 26 heavy (non-hydrogen) atoms. The lowest BCUT2D eigenvalue weighted by Gasteiger charge is -2.24. The van der Waals surface area contributed by atoms with Crippen molar-refractivity contribution in [1.29, 1.82) is 0 Å². The van der Waals surface area contributed by atoms with Crippen molar-refractivity contribution < 1.29 is 14.3 Å². The fourth-order valence-electron chi connectivity index (χ4n) is 2.56. The van der Waals surface area contributed by atoms with Gasteiger partial charge in [-0.2, -0.15) is 0 Å². The average molecular weight is 360 g/mol. The molecular weight excluding hydrogens is 332 g/mol. The van der Waals surface area contributed by atoms with E-state index in [-0.39, 0.29) is 11.9 Å². The van der Waals surface area contributed by atoms with Crippen LogP contribution >= 0.6 is 0 Å². The third kappa shape index (κ3) is 4.76.